The predicted molar refractivity (Wildman–Crippen MR) is 109 cm³/mol. The molecule has 1 N–H and O–H groups in total. The number of aryl methyl sites for hydroxylation is 2. The molecule has 3 aromatic heterocycles. The SMILES string of the molecule is Cc1nc2cc(N3CC(C(=O)Nc4nc5scc(C)n5n4)CC3=O)ccc2s1. The number of carbonyl (C=O) groups excluding carboxylic acids is 2. The average Bonchev–Trinajstić information content (AvgIpc) is 3.39. The molecule has 4 aromatic rings. The molecule has 28 heavy (non-hydrogen) atoms. The van der Waals surface area contributed by atoms with Crippen molar-refractivity contribution in [2.24, 2.45) is 5.92 Å². The molecule has 0 spiro atoms. The van der Waals surface area contributed by atoms with Crippen molar-refractivity contribution >= 4 is 61.3 Å². The first-order valence-electron chi connectivity index (χ1n) is 8.77. The number of benzene rings is 1. The summed E-state index contributed by atoms with van der Waals surface area (Å²) in [6.07, 6.45) is 0.168. The molecule has 2 amide bonds. The standard InChI is InChI=1S/C18H16N6O2S2/c1-9-8-27-18-21-17(22-24(9)18)20-16(26)11-5-15(25)23(7-11)12-3-4-14-13(6-12)19-10(2)28-14/h3-4,6,8,11H,5,7H2,1-2H3,(H,20,22,26). The van der Waals surface area contributed by atoms with E-state index in [0.717, 1.165) is 31.6 Å². The van der Waals surface area contributed by atoms with Crippen LogP contribution < -0.4 is 10.2 Å². The number of hydrogen-bond donors (Lipinski definition) is 1. The smallest absolute Gasteiger partial charge is 0.250 e. The minimum absolute atomic E-state index is 0.0684. The summed E-state index contributed by atoms with van der Waals surface area (Å²) in [4.78, 5) is 36.3. The summed E-state index contributed by atoms with van der Waals surface area (Å²) in [6.45, 7) is 4.22. The van der Waals surface area contributed by atoms with Crippen molar-refractivity contribution in [1.82, 2.24) is 19.6 Å². The Kier molecular flexibility index (Phi) is 3.91. The summed E-state index contributed by atoms with van der Waals surface area (Å²) < 4.78 is 2.78. The number of thiazole rings is 2. The van der Waals surface area contributed by atoms with Gasteiger partial charge in [0.05, 0.1) is 26.8 Å². The number of aromatic nitrogens is 4. The third-order valence-corrected chi connectivity index (χ3v) is 6.65. The third-order valence-electron chi connectivity index (χ3n) is 4.77. The van der Waals surface area contributed by atoms with Crippen LogP contribution in [0.5, 0.6) is 0 Å². The molecule has 1 aliphatic rings. The van der Waals surface area contributed by atoms with E-state index in [1.165, 1.54) is 11.3 Å². The fraction of sp³-hybridized carbons (Fsp3) is 0.278. The second-order valence-electron chi connectivity index (χ2n) is 6.79. The van der Waals surface area contributed by atoms with Gasteiger partial charge in [-0.3, -0.25) is 14.9 Å². The highest BCUT2D eigenvalue weighted by Gasteiger charge is 2.35. The van der Waals surface area contributed by atoms with Gasteiger partial charge in [-0.1, -0.05) is 0 Å². The maximum absolute atomic E-state index is 12.6. The lowest BCUT2D eigenvalue weighted by atomic mass is 10.1. The van der Waals surface area contributed by atoms with Crippen molar-refractivity contribution in [1.29, 1.82) is 0 Å². The van der Waals surface area contributed by atoms with Gasteiger partial charge in [0, 0.05) is 24.0 Å². The summed E-state index contributed by atoms with van der Waals surface area (Å²) in [5.74, 6) is -0.480. The Bertz CT molecular complexity index is 1240. The maximum atomic E-state index is 12.6. The number of carbonyl (C=O) groups is 2. The average molecular weight is 413 g/mol. The highest BCUT2D eigenvalue weighted by atomic mass is 32.1. The largest absolute Gasteiger partial charge is 0.312 e. The summed E-state index contributed by atoms with van der Waals surface area (Å²) in [5.41, 5.74) is 2.61. The van der Waals surface area contributed by atoms with E-state index in [4.69, 9.17) is 0 Å². The van der Waals surface area contributed by atoms with E-state index in [1.54, 1.807) is 20.8 Å². The molecule has 1 unspecified atom stereocenters. The lowest BCUT2D eigenvalue weighted by Crippen LogP contribution is -2.28. The first-order valence-corrected chi connectivity index (χ1v) is 10.5. The van der Waals surface area contributed by atoms with Crippen molar-refractivity contribution in [2.45, 2.75) is 20.3 Å². The molecule has 1 fully saturated rings. The molecule has 1 saturated heterocycles. The molecule has 0 aliphatic carbocycles. The Hall–Kier alpha value is -2.85. The summed E-state index contributed by atoms with van der Waals surface area (Å²) >= 11 is 3.09. The minimum Gasteiger partial charge on any atom is -0.312 e. The van der Waals surface area contributed by atoms with Gasteiger partial charge in [0.1, 0.15) is 0 Å². The van der Waals surface area contributed by atoms with Crippen molar-refractivity contribution in [3.05, 3.63) is 34.3 Å². The Morgan fingerprint density at radius 3 is 2.96 bits per heavy atom. The number of amides is 2. The summed E-state index contributed by atoms with van der Waals surface area (Å²) in [6, 6.07) is 5.79. The number of nitrogens with one attached hydrogen (secondary N) is 1. The van der Waals surface area contributed by atoms with Crippen LogP contribution in [0, 0.1) is 19.8 Å². The van der Waals surface area contributed by atoms with Crippen LogP contribution in [0.3, 0.4) is 0 Å². The molecule has 4 heterocycles. The molecule has 0 radical (unpaired) electrons. The van der Waals surface area contributed by atoms with Crippen LogP contribution in [-0.4, -0.2) is 37.9 Å². The van der Waals surface area contributed by atoms with Gasteiger partial charge in [-0.05, 0) is 32.0 Å². The Balaban J connectivity index is 1.33. The van der Waals surface area contributed by atoms with Gasteiger partial charge >= 0.3 is 0 Å². The summed E-state index contributed by atoms with van der Waals surface area (Å²) in [7, 11) is 0. The molecule has 0 bridgehead atoms. The van der Waals surface area contributed by atoms with Gasteiger partial charge in [-0.15, -0.1) is 27.8 Å². The molecule has 1 aromatic carbocycles. The van der Waals surface area contributed by atoms with Crippen molar-refractivity contribution < 1.29 is 9.59 Å². The minimum atomic E-state index is -0.442. The van der Waals surface area contributed by atoms with Crippen molar-refractivity contribution in [3.8, 4) is 0 Å². The highest BCUT2D eigenvalue weighted by molar-refractivity contribution is 7.18. The van der Waals surface area contributed by atoms with Gasteiger partial charge < -0.3 is 4.90 Å². The number of anilines is 2. The predicted octanol–water partition coefficient (Wildman–Crippen LogP) is 3.01. The molecule has 142 valence electrons. The van der Waals surface area contributed by atoms with Crippen molar-refractivity contribution in [3.63, 3.8) is 0 Å². The van der Waals surface area contributed by atoms with E-state index in [2.05, 4.69) is 20.4 Å². The zero-order valence-electron chi connectivity index (χ0n) is 15.2. The van der Waals surface area contributed by atoms with E-state index in [9.17, 15) is 9.59 Å². The topological polar surface area (TPSA) is 92.5 Å². The molecule has 0 saturated carbocycles. The molecule has 1 aliphatic heterocycles. The van der Waals surface area contributed by atoms with Crippen LogP contribution in [-0.2, 0) is 9.59 Å². The normalized spacial score (nSPS) is 17.1. The first kappa shape index (κ1) is 17.3. The molecule has 8 nitrogen and oxygen atoms in total. The maximum Gasteiger partial charge on any atom is 0.250 e. The van der Waals surface area contributed by atoms with Gasteiger partial charge in [0.25, 0.3) is 0 Å². The van der Waals surface area contributed by atoms with E-state index >= 15 is 0 Å². The van der Waals surface area contributed by atoms with Crippen LogP contribution in [0.25, 0.3) is 15.2 Å². The summed E-state index contributed by atoms with van der Waals surface area (Å²) in [5, 5.41) is 9.98. The van der Waals surface area contributed by atoms with Crippen molar-refractivity contribution in [2.75, 3.05) is 16.8 Å². The van der Waals surface area contributed by atoms with Crippen LogP contribution in [0.4, 0.5) is 11.6 Å². The van der Waals surface area contributed by atoms with E-state index in [0.29, 0.717) is 6.54 Å². The molecular weight excluding hydrogens is 396 g/mol. The fourth-order valence-corrected chi connectivity index (χ4v) is 5.00. The second-order valence-corrected chi connectivity index (χ2v) is 8.86. The van der Waals surface area contributed by atoms with Crippen LogP contribution in [0.15, 0.2) is 23.6 Å². The van der Waals surface area contributed by atoms with E-state index in [-0.39, 0.29) is 24.2 Å². The van der Waals surface area contributed by atoms with Gasteiger partial charge in [0.2, 0.25) is 22.7 Å². The van der Waals surface area contributed by atoms with E-state index < -0.39 is 5.92 Å². The Morgan fingerprint density at radius 2 is 2.14 bits per heavy atom. The second kappa shape index (κ2) is 6.35. The number of rotatable bonds is 3. The van der Waals surface area contributed by atoms with Crippen LogP contribution in [0.1, 0.15) is 17.1 Å². The lowest BCUT2D eigenvalue weighted by molar-refractivity contribution is -0.122. The number of nitrogens with zero attached hydrogens (tertiary/aromatic N) is 5. The fourth-order valence-electron chi connectivity index (χ4n) is 3.39. The molecule has 10 heteroatoms. The van der Waals surface area contributed by atoms with Gasteiger partial charge in [-0.2, -0.15) is 4.98 Å². The number of fused-ring (bicyclic) bond motifs is 2. The monoisotopic (exact) mass is 412 g/mol. The van der Waals surface area contributed by atoms with Crippen LogP contribution >= 0.6 is 22.7 Å². The quantitative estimate of drug-likeness (QED) is 0.558. The highest BCUT2D eigenvalue weighted by Crippen LogP contribution is 2.30. The lowest BCUT2D eigenvalue weighted by Gasteiger charge is -2.16. The first-order chi connectivity index (χ1) is 13.5. The molecular formula is C18H16N6O2S2. The Labute approximate surface area is 167 Å². The van der Waals surface area contributed by atoms with Crippen LogP contribution in [0.2, 0.25) is 0 Å². The third kappa shape index (κ3) is 2.85. The zero-order chi connectivity index (χ0) is 19.4. The van der Waals surface area contributed by atoms with E-state index in [1.807, 2.05) is 37.4 Å². The van der Waals surface area contributed by atoms with Gasteiger partial charge in [0.15, 0.2) is 0 Å². The molecule has 1 atom stereocenters. The molecule has 5 rings (SSSR count). The zero-order valence-corrected chi connectivity index (χ0v) is 16.8. The number of hydrogen-bond acceptors (Lipinski definition) is 7. The Morgan fingerprint density at radius 1 is 1.29 bits per heavy atom. The van der Waals surface area contributed by atoms with Gasteiger partial charge in [-0.25, -0.2) is 9.50 Å².